The van der Waals surface area contributed by atoms with Gasteiger partial charge in [-0.3, -0.25) is 4.79 Å². The van der Waals surface area contributed by atoms with E-state index in [1.54, 1.807) is 7.05 Å². The van der Waals surface area contributed by atoms with Gasteiger partial charge in [-0.15, -0.1) is 12.4 Å². The molecule has 0 aromatic carbocycles. The van der Waals surface area contributed by atoms with Gasteiger partial charge in [0.25, 0.3) is 5.91 Å². The van der Waals surface area contributed by atoms with Crippen LogP contribution in [0.1, 0.15) is 17.3 Å². The van der Waals surface area contributed by atoms with E-state index in [4.69, 9.17) is 0 Å². The first-order valence-corrected chi connectivity index (χ1v) is 5.93. The van der Waals surface area contributed by atoms with Gasteiger partial charge in [0.05, 0.1) is 5.56 Å². The molecule has 0 bridgehead atoms. The molecule has 0 spiro atoms. The van der Waals surface area contributed by atoms with Crippen LogP contribution in [0.5, 0.6) is 5.88 Å². The van der Waals surface area contributed by atoms with Crippen LogP contribution in [0.25, 0.3) is 0 Å². The fourth-order valence-corrected chi connectivity index (χ4v) is 1.21. The topological polar surface area (TPSA) is 63.2 Å². The second-order valence-electron chi connectivity index (χ2n) is 4.19. The third kappa shape index (κ3) is 7.72. The van der Waals surface area contributed by atoms with Crippen LogP contribution in [0.4, 0.5) is 13.2 Å². The Hall–Kier alpha value is -1.54. The maximum atomic E-state index is 11.9. The highest BCUT2D eigenvalue weighted by molar-refractivity contribution is 5.93. The monoisotopic (exact) mass is 327 g/mol. The first-order valence-electron chi connectivity index (χ1n) is 5.93. The summed E-state index contributed by atoms with van der Waals surface area (Å²) in [5.41, 5.74) is 0.257. The smallest absolute Gasteiger partial charge is 0.422 e. The lowest BCUT2D eigenvalue weighted by atomic mass is 10.2. The molecule has 0 aliphatic carbocycles. The van der Waals surface area contributed by atoms with E-state index in [1.807, 2.05) is 6.92 Å². The molecule has 0 saturated heterocycles. The lowest BCUT2D eigenvalue weighted by Crippen LogP contribution is -2.37. The van der Waals surface area contributed by atoms with Crippen molar-refractivity contribution in [2.75, 3.05) is 20.2 Å². The molecule has 1 unspecified atom stereocenters. The van der Waals surface area contributed by atoms with Gasteiger partial charge < -0.3 is 15.4 Å². The molecular weight excluding hydrogens is 311 g/mol. The van der Waals surface area contributed by atoms with Gasteiger partial charge in [-0.25, -0.2) is 4.98 Å². The summed E-state index contributed by atoms with van der Waals surface area (Å²) < 4.78 is 40.2. The van der Waals surface area contributed by atoms with Gasteiger partial charge in [0.15, 0.2) is 6.61 Å². The number of nitrogens with zero attached hydrogens (tertiary/aromatic N) is 1. The van der Waals surface area contributed by atoms with E-state index in [2.05, 4.69) is 20.4 Å². The Bertz CT molecular complexity index is 440. The summed E-state index contributed by atoms with van der Waals surface area (Å²) in [6.07, 6.45) is -3.24. The van der Waals surface area contributed by atoms with E-state index >= 15 is 0 Å². The van der Waals surface area contributed by atoms with Gasteiger partial charge in [-0.2, -0.15) is 13.2 Å². The minimum Gasteiger partial charge on any atom is -0.468 e. The highest BCUT2D eigenvalue weighted by Gasteiger charge is 2.28. The summed E-state index contributed by atoms with van der Waals surface area (Å²) in [4.78, 5) is 15.3. The minimum atomic E-state index is -4.42. The number of alkyl halides is 3. The average molecular weight is 328 g/mol. The highest BCUT2D eigenvalue weighted by atomic mass is 35.5. The largest absolute Gasteiger partial charge is 0.468 e. The summed E-state index contributed by atoms with van der Waals surface area (Å²) >= 11 is 0. The Morgan fingerprint density at radius 1 is 1.43 bits per heavy atom. The van der Waals surface area contributed by atoms with Crippen molar-refractivity contribution in [2.24, 2.45) is 0 Å². The maximum absolute atomic E-state index is 11.9. The van der Waals surface area contributed by atoms with Crippen LogP contribution in [0.3, 0.4) is 0 Å². The van der Waals surface area contributed by atoms with Crippen molar-refractivity contribution < 1.29 is 22.7 Å². The quantitative estimate of drug-likeness (QED) is 0.836. The number of halogens is 4. The number of hydrogen-bond donors (Lipinski definition) is 2. The molecule has 0 radical (unpaired) electrons. The molecule has 1 heterocycles. The van der Waals surface area contributed by atoms with Crippen LogP contribution in [0.2, 0.25) is 0 Å². The van der Waals surface area contributed by atoms with Crippen molar-refractivity contribution in [1.29, 1.82) is 0 Å². The number of carbonyl (C=O) groups is 1. The van der Waals surface area contributed by atoms with Gasteiger partial charge in [-0.1, -0.05) is 0 Å². The zero-order valence-corrected chi connectivity index (χ0v) is 12.3. The Morgan fingerprint density at radius 3 is 2.57 bits per heavy atom. The van der Waals surface area contributed by atoms with Crippen molar-refractivity contribution >= 4 is 18.3 Å². The molecule has 120 valence electrons. The number of rotatable bonds is 6. The molecule has 0 aliphatic rings. The predicted molar refractivity (Wildman–Crippen MR) is 73.9 cm³/mol. The number of hydrogen-bond acceptors (Lipinski definition) is 4. The predicted octanol–water partition coefficient (Wildman–Crippen LogP) is 1.78. The number of likely N-dealkylation sites (N-methyl/N-ethyl adjacent to an activating group) is 1. The molecule has 1 amide bonds. The van der Waals surface area contributed by atoms with E-state index in [0.717, 1.165) is 0 Å². The number of ether oxygens (including phenoxy) is 1. The Kier molecular flexibility index (Phi) is 8.05. The molecule has 1 aromatic rings. The lowest BCUT2D eigenvalue weighted by molar-refractivity contribution is -0.154. The van der Waals surface area contributed by atoms with Crippen LogP contribution in [0, 0.1) is 0 Å². The number of aromatic nitrogens is 1. The van der Waals surface area contributed by atoms with Crippen LogP contribution < -0.4 is 15.4 Å². The van der Waals surface area contributed by atoms with Gasteiger partial charge in [0.1, 0.15) is 0 Å². The second kappa shape index (κ2) is 8.68. The van der Waals surface area contributed by atoms with Gasteiger partial charge in [0.2, 0.25) is 5.88 Å². The summed E-state index contributed by atoms with van der Waals surface area (Å²) in [7, 11) is 1.77. The molecule has 0 aliphatic heterocycles. The first kappa shape index (κ1) is 19.5. The molecule has 1 rings (SSSR count). The normalized spacial score (nSPS) is 12.2. The van der Waals surface area contributed by atoms with Crippen molar-refractivity contribution in [3.8, 4) is 5.88 Å². The molecule has 0 fully saturated rings. The Balaban J connectivity index is 0.00000400. The summed E-state index contributed by atoms with van der Waals surface area (Å²) in [6.45, 7) is 0.916. The SMILES string of the molecule is CNC(C)CNC(=O)c1ccc(OCC(F)(F)F)nc1.Cl. The second-order valence-corrected chi connectivity index (χ2v) is 4.19. The van der Waals surface area contributed by atoms with Crippen LogP contribution >= 0.6 is 12.4 Å². The van der Waals surface area contributed by atoms with Crippen molar-refractivity contribution in [3.63, 3.8) is 0 Å². The average Bonchev–Trinajstić information content (AvgIpc) is 2.41. The van der Waals surface area contributed by atoms with E-state index in [1.165, 1.54) is 18.3 Å². The molecular formula is C12H17ClF3N3O2. The fraction of sp³-hybridized carbons (Fsp3) is 0.500. The highest BCUT2D eigenvalue weighted by Crippen LogP contribution is 2.16. The van der Waals surface area contributed by atoms with E-state index in [9.17, 15) is 18.0 Å². The van der Waals surface area contributed by atoms with Crippen LogP contribution in [0.15, 0.2) is 18.3 Å². The van der Waals surface area contributed by atoms with E-state index in [0.29, 0.717) is 6.54 Å². The zero-order valence-electron chi connectivity index (χ0n) is 11.5. The van der Waals surface area contributed by atoms with Crippen LogP contribution in [-0.4, -0.2) is 43.3 Å². The molecule has 5 nitrogen and oxygen atoms in total. The zero-order chi connectivity index (χ0) is 15.2. The van der Waals surface area contributed by atoms with E-state index in [-0.39, 0.29) is 35.8 Å². The van der Waals surface area contributed by atoms with Crippen LogP contribution in [-0.2, 0) is 0 Å². The molecule has 9 heteroatoms. The Morgan fingerprint density at radius 2 is 2.10 bits per heavy atom. The van der Waals surface area contributed by atoms with E-state index < -0.39 is 12.8 Å². The molecule has 0 saturated carbocycles. The van der Waals surface area contributed by atoms with Gasteiger partial charge in [0, 0.05) is 24.8 Å². The van der Waals surface area contributed by atoms with Crippen molar-refractivity contribution in [2.45, 2.75) is 19.1 Å². The third-order valence-electron chi connectivity index (χ3n) is 2.44. The fourth-order valence-electron chi connectivity index (χ4n) is 1.21. The number of amides is 1. The van der Waals surface area contributed by atoms with Crippen molar-refractivity contribution in [1.82, 2.24) is 15.6 Å². The molecule has 1 atom stereocenters. The minimum absolute atomic E-state index is 0. The molecule has 2 N–H and O–H groups in total. The third-order valence-corrected chi connectivity index (χ3v) is 2.44. The van der Waals surface area contributed by atoms with Gasteiger partial charge >= 0.3 is 6.18 Å². The number of nitrogens with one attached hydrogen (secondary N) is 2. The van der Waals surface area contributed by atoms with Crippen molar-refractivity contribution in [3.05, 3.63) is 23.9 Å². The maximum Gasteiger partial charge on any atom is 0.422 e. The number of carbonyl (C=O) groups excluding carboxylic acids is 1. The molecule has 1 aromatic heterocycles. The summed E-state index contributed by atoms with van der Waals surface area (Å²) in [5, 5.41) is 5.62. The van der Waals surface area contributed by atoms with Gasteiger partial charge in [-0.05, 0) is 20.0 Å². The lowest BCUT2D eigenvalue weighted by Gasteiger charge is -2.11. The summed E-state index contributed by atoms with van der Waals surface area (Å²) in [5.74, 6) is -0.524. The number of pyridine rings is 1. The first-order chi connectivity index (χ1) is 9.31. The molecule has 21 heavy (non-hydrogen) atoms. The summed E-state index contributed by atoms with van der Waals surface area (Å²) in [6, 6.07) is 2.70. The standard InChI is InChI=1S/C12H16F3N3O2.ClH/c1-8(16-2)5-18-11(19)9-3-4-10(17-6-9)20-7-12(13,14)15;/h3-4,6,8,16H,5,7H2,1-2H3,(H,18,19);1H. The Labute approximate surface area is 126 Å².